The molecule has 0 radical (unpaired) electrons. The number of unbranched alkanes of at least 4 members (excludes halogenated alkanes) is 29. The largest absolute Gasteiger partial charge is 0.462 e. The number of hydrogen-bond donors (Lipinski definition) is 0. The van der Waals surface area contributed by atoms with Crippen molar-refractivity contribution in [2.45, 2.75) is 278 Å². The molecule has 0 aromatic rings. The Hall–Kier alpha value is -1.59. The summed E-state index contributed by atoms with van der Waals surface area (Å²) in [6.45, 7) is 11.3. The van der Waals surface area contributed by atoms with E-state index in [4.69, 9.17) is 14.2 Å². The summed E-state index contributed by atoms with van der Waals surface area (Å²) in [4.78, 5) is 37.8. The molecule has 0 aliphatic carbocycles. The van der Waals surface area contributed by atoms with Gasteiger partial charge in [-0.2, -0.15) is 0 Å². The molecule has 0 aliphatic heterocycles. The van der Waals surface area contributed by atoms with Gasteiger partial charge in [0.05, 0.1) is 0 Å². The van der Waals surface area contributed by atoms with E-state index in [1.807, 2.05) is 0 Å². The number of ether oxygens (including phenoxy) is 3. The maximum atomic E-state index is 12.8. The van der Waals surface area contributed by atoms with Crippen LogP contribution in [0.3, 0.4) is 0 Å². The third-order valence-corrected chi connectivity index (χ3v) is 11.2. The van der Waals surface area contributed by atoms with Crippen LogP contribution in [0.4, 0.5) is 0 Å². The molecule has 56 heavy (non-hydrogen) atoms. The lowest BCUT2D eigenvalue weighted by Gasteiger charge is -2.18. The first kappa shape index (κ1) is 54.4. The number of carbonyl (C=O) groups is 3. The normalized spacial score (nSPS) is 12.1. The van der Waals surface area contributed by atoms with Crippen LogP contribution in [0.15, 0.2) is 0 Å². The number of rotatable bonds is 44. The second kappa shape index (κ2) is 43.0. The number of hydrogen-bond acceptors (Lipinski definition) is 6. The zero-order valence-electron chi connectivity index (χ0n) is 38.3. The minimum Gasteiger partial charge on any atom is -0.462 e. The molecule has 0 amide bonds. The molecule has 0 unspecified atom stereocenters. The van der Waals surface area contributed by atoms with Crippen molar-refractivity contribution in [2.24, 2.45) is 11.8 Å². The molecule has 0 aromatic heterocycles. The highest BCUT2D eigenvalue weighted by Gasteiger charge is 2.19. The van der Waals surface area contributed by atoms with Gasteiger partial charge in [-0.3, -0.25) is 14.4 Å². The van der Waals surface area contributed by atoms with Gasteiger partial charge in [0.15, 0.2) is 6.10 Å². The molecule has 0 fully saturated rings. The van der Waals surface area contributed by atoms with Crippen molar-refractivity contribution >= 4 is 17.9 Å². The third kappa shape index (κ3) is 43.5. The van der Waals surface area contributed by atoms with E-state index in [2.05, 4.69) is 34.6 Å². The van der Waals surface area contributed by atoms with Crippen molar-refractivity contribution in [3.05, 3.63) is 0 Å². The summed E-state index contributed by atoms with van der Waals surface area (Å²) in [5.74, 6) is 0.803. The maximum absolute atomic E-state index is 12.8. The summed E-state index contributed by atoms with van der Waals surface area (Å²) in [7, 11) is 0. The van der Waals surface area contributed by atoms with E-state index in [9.17, 15) is 14.4 Å². The molecule has 332 valence electrons. The van der Waals surface area contributed by atoms with Crippen LogP contribution in [0.1, 0.15) is 272 Å². The monoisotopic (exact) mass is 793 g/mol. The Kier molecular flexibility index (Phi) is 41.8. The second-order valence-electron chi connectivity index (χ2n) is 18.1. The molecule has 0 rings (SSSR count). The molecule has 0 aromatic carbocycles. The van der Waals surface area contributed by atoms with E-state index in [0.29, 0.717) is 19.3 Å². The molecule has 0 heterocycles. The Morgan fingerprint density at radius 3 is 0.875 bits per heavy atom. The molecule has 1 atom stereocenters. The van der Waals surface area contributed by atoms with Crippen molar-refractivity contribution in [3.63, 3.8) is 0 Å². The van der Waals surface area contributed by atoms with Gasteiger partial charge in [0.2, 0.25) is 0 Å². The molecule has 0 aliphatic rings. The fourth-order valence-electron chi connectivity index (χ4n) is 7.46. The lowest BCUT2D eigenvalue weighted by Crippen LogP contribution is -2.30. The highest BCUT2D eigenvalue weighted by Crippen LogP contribution is 2.17. The Bertz CT molecular complexity index is 854. The fraction of sp³-hybridized carbons (Fsp3) is 0.940. The predicted molar refractivity (Wildman–Crippen MR) is 238 cm³/mol. The van der Waals surface area contributed by atoms with Gasteiger partial charge >= 0.3 is 17.9 Å². The number of carbonyl (C=O) groups excluding carboxylic acids is 3. The molecule has 6 nitrogen and oxygen atoms in total. The van der Waals surface area contributed by atoms with E-state index in [-0.39, 0.29) is 31.1 Å². The van der Waals surface area contributed by atoms with Gasteiger partial charge in [-0.25, -0.2) is 0 Å². The van der Waals surface area contributed by atoms with Gasteiger partial charge in [0, 0.05) is 19.3 Å². The minimum absolute atomic E-state index is 0.0643. The first-order valence-electron chi connectivity index (χ1n) is 24.7. The lowest BCUT2D eigenvalue weighted by molar-refractivity contribution is -0.167. The number of esters is 3. The summed E-state index contributed by atoms with van der Waals surface area (Å²) < 4.78 is 16.8. The summed E-state index contributed by atoms with van der Waals surface area (Å²) in [5, 5.41) is 0. The highest BCUT2D eigenvalue weighted by molar-refractivity contribution is 5.71. The molecular formula is C50H96O6. The van der Waals surface area contributed by atoms with Gasteiger partial charge in [-0.1, -0.05) is 234 Å². The van der Waals surface area contributed by atoms with Crippen molar-refractivity contribution in [1.82, 2.24) is 0 Å². The summed E-state index contributed by atoms with van der Waals surface area (Å²) in [6.07, 6.45) is 42.3. The molecule has 6 heteroatoms. The SMILES string of the molecule is CCCCCCCCCCCC(=O)OC[C@@H](COC(=O)CCCCCCCCCCCCC(C)C)OC(=O)CCCCCCCCCCCCCCCC(C)C. The first-order chi connectivity index (χ1) is 27.2. The Morgan fingerprint density at radius 2 is 0.589 bits per heavy atom. The molecular weight excluding hydrogens is 697 g/mol. The average molecular weight is 793 g/mol. The smallest absolute Gasteiger partial charge is 0.306 e. The van der Waals surface area contributed by atoms with Crippen LogP contribution in [0.25, 0.3) is 0 Å². The van der Waals surface area contributed by atoms with Gasteiger partial charge < -0.3 is 14.2 Å². The highest BCUT2D eigenvalue weighted by atomic mass is 16.6. The molecule has 0 spiro atoms. The average Bonchev–Trinajstić information content (AvgIpc) is 3.16. The van der Waals surface area contributed by atoms with E-state index in [1.165, 1.54) is 161 Å². The quantitative estimate of drug-likeness (QED) is 0.0347. The topological polar surface area (TPSA) is 78.9 Å². The zero-order valence-corrected chi connectivity index (χ0v) is 38.3. The van der Waals surface area contributed by atoms with Gasteiger partial charge in [0.1, 0.15) is 13.2 Å². The van der Waals surface area contributed by atoms with Crippen LogP contribution in [0.2, 0.25) is 0 Å². The summed E-state index contributed by atoms with van der Waals surface area (Å²) in [5.41, 5.74) is 0. The standard InChI is InChI=1S/C50H96O6/c1-6-7-8-9-10-18-25-30-35-40-48(51)54-43-47(44-55-49(52)41-36-31-26-21-17-16-20-24-29-34-39-46(4)5)56-50(53)42-37-32-27-22-15-13-11-12-14-19-23-28-33-38-45(2)3/h45-47H,6-44H2,1-5H3/t47-/m0/s1. The lowest BCUT2D eigenvalue weighted by atomic mass is 10.0. The van der Waals surface area contributed by atoms with Gasteiger partial charge in [0.25, 0.3) is 0 Å². The van der Waals surface area contributed by atoms with E-state index in [1.54, 1.807) is 0 Å². The first-order valence-corrected chi connectivity index (χ1v) is 24.7. The second-order valence-corrected chi connectivity index (χ2v) is 18.1. The van der Waals surface area contributed by atoms with E-state index >= 15 is 0 Å². The van der Waals surface area contributed by atoms with Crippen molar-refractivity contribution < 1.29 is 28.6 Å². The van der Waals surface area contributed by atoms with Crippen molar-refractivity contribution in [1.29, 1.82) is 0 Å². The molecule has 0 N–H and O–H groups in total. The predicted octanol–water partition coefficient (Wildman–Crippen LogP) is 15.8. The Morgan fingerprint density at radius 1 is 0.339 bits per heavy atom. The van der Waals surface area contributed by atoms with Crippen molar-refractivity contribution in [3.8, 4) is 0 Å². The van der Waals surface area contributed by atoms with E-state index in [0.717, 1.165) is 69.6 Å². The third-order valence-electron chi connectivity index (χ3n) is 11.2. The minimum atomic E-state index is -0.760. The summed E-state index contributed by atoms with van der Waals surface area (Å²) >= 11 is 0. The van der Waals surface area contributed by atoms with Crippen LogP contribution < -0.4 is 0 Å². The zero-order chi connectivity index (χ0) is 41.2. The van der Waals surface area contributed by atoms with Crippen LogP contribution in [-0.2, 0) is 28.6 Å². The van der Waals surface area contributed by atoms with Crippen molar-refractivity contribution in [2.75, 3.05) is 13.2 Å². The molecule has 0 saturated carbocycles. The fourth-order valence-corrected chi connectivity index (χ4v) is 7.46. The van der Waals surface area contributed by atoms with Gasteiger partial charge in [-0.15, -0.1) is 0 Å². The summed E-state index contributed by atoms with van der Waals surface area (Å²) in [6, 6.07) is 0. The van der Waals surface area contributed by atoms with Gasteiger partial charge in [-0.05, 0) is 31.1 Å². The Labute approximate surface area is 348 Å². The maximum Gasteiger partial charge on any atom is 0.306 e. The van der Waals surface area contributed by atoms with Crippen LogP contribution in [0.5, 0.6) is 0 Å². The van der Waals surface area contributed by atoms with Crippen LogP contribution in [0, 0.1) is 11.8 Å². The van der Waals surface area contributed by atoms with Crippen LogP contribution >= 0.6 is 0 Å². The van der Waals surface area contributed by atoms with Crippen LogP contribution in [-0.4, -0.2) is 37.2 Å². The Balaban J connectivity index is 4.29. The molecule has 0 saturated heterocycles. The molecule has 0 bridgehead atoms. The van der Waals surface area contributed by atoms with E-state index < -0.39 is 6.10 Å².